The summed E-state index contributed by atoms with van der Waals surface area (Å²) >= 11 is 6.16. The van der Waals surface area contributed by atoms with E-state index < -0.39 is 16.0 Å². The lowest BCUT2D eigenvalue weighted by Crippen LogP contribution is -2.27. The van der Waals surface area contributed by atoms with E-state index >= 15 is 0 Å². The third-order valence-corrected chi connectivity index (χ3v) is 7.68. The summed E-state index contributed by atoms with van der Waals surface area (Å²) in [5.41, 5.74) is 0.679. The maximum atomic E-state index is 13.3. The lowest BCUT2D eigenvalue weighted by atomic mass is 9.77. The molecule has 0 unspecified atom stereocenters. The van der Waals surface area contributed by atoms with E-state index in [0.717, 1.165) is 25.7 Å². The summed E-state index contributed by atoms with van der Waals surface area (Å²) in [6, 6.07) is 8.88. The molecule has 2 aliphatic rings. The van der Waals surface area contributed by atoms with Gasteiger partial charge in [-0.2, -0.15) is 5.26 Å². The van der Waals surface area contributed by atoms with Gasteiger partial charge in [0, 0.05) is 6.07 Å². The smallest absolute Gasteiger partial charge is 0.335 e. The van der Waals surface area contributed by atoms with E-state index in [4.69, 9.17) is 16.3 Å². The van der Waals surface area contributed by atoms with Gasteiger partial charge in [-0.15, -0.1) is 0 Å². The Morgan fingerprint density at radius 3 is 2.59 bits per heavy atom. The molecule has 0 atom stereocenters. The minimum absolute atomic E-state index is 0.0767. The van der Waals surface area contributed by atoms with Crippen molar-refractivity contribution in [3.05, 3.63) is 52.0 Å². The molecule has 2 N–H and O–H groups in total. The van der Waals surface area contributed by atoms with Crippen molar-refractivity contribution in [3.63, 3.8) is 0 Å². The van der Waals surface area contributed by atoms with Crippen molar-refractivity contribution in [3.8, 4) is 11.8 Å². The quantitative estimate of drug-likeness (QED) is 0.555. The van der Waals surface area contributed by atoms with Crippen LogP contribution in [-0.4, -0.2) is 26.1 Å². The van der Waals surface area contributed by atoms with Crippen LogP contribution in [0.5, 0.6) is 5.75 Å². The first-order valence-corrected chi connectivity index (χ1v) is 12.3. The van der Waals surface area contributed by atoms with Crippen LogP contribution in [0.25, 0.3) is 0 Å². The number of aromatic carboxylic acids is 1. The Kier molecular flexibility index (Phi) is 6.06. The third-order valence-electron chi connectivity index (χ3n) is 5.95. The fraction of sp³-hybridized carbons (Fsp3) is 0.391. The molecule has 2 saturated carbocycles. The summed E-state index contributed by atoms with van der Waals surface area (Å²) in [6.45, 7) is 2.58. The average molecular weight is 475 g/mol. The zero-order valence-corrected chi connectivity index (χ0v) is 19.0. The highest BCUT2D eigenvalue weighted by atomic mass is 35.5. The molecule has 0 aliphatic heterocycles. The summed E-state index contributed by atoms with van der Waals surface area (Å²) < 4.78 is 35.1. The van der Waals surface area contributed by atoms with Gasteiger partial charge in [-0.25, -0.2) is 13.2 Å². The second kappa shape index (κ2) is 8.64. The van der Waals surface area contributed by atoms with Crippen LogP contribution < -0.4 is 9.46 Å². The predicted molar refractivity (Wildman–Crippen MR) is 120 cm³/mol. The van der Waals surface area contributed by atoms with E-state index in [2.05, 4.69) is 11.6 Å². The fourth-order valence-corrected chi connectivity index (χ4v) is 5.67. The van der Waals surface area contributed by atoms with E-state index in [1.165, 1.54) is 24.3 Å². The van der Waals surface area contributed by atoms with E-state index in [1.54, 1.807) is 6.07 Å². The van der Waals surface area contributed by atoms with E-state index in [-0.39, 0.29) is 38.4 Å². The second-order valence-corrected chi connectivity index (χ2v) is 10.7. The standard InChI is InChI=1S/C23H23ClN2O5S/c1-13-6-14(7-13)12-31-21-10-19(24)17(11-25)8-20(21)26-32(29,30)22-9-16(23(27)28)4-5-18(22)15-2-3-15/h4-5,8-10,13-15,26H,2-3,6-7,12H2,1H3,(H,27,28). The number of sulfonamides is 1. The number of carboxylic acids is 1. The Labute approximate surface area is 192 Å². The number of nitriles is 1. The lowest BCUT2D eigenvalue weighted by molar-refractivity contribution is 0.0696. The van der Waals surface area contributed by atoms with E-state index in [9.17, 15) is 23.6 Å². The first kappa shape index (κ1) is 22.4. The minimum atomic E-state index is -4.15. The molecule has 0 amide bonds. The first-order chi connectivity index (χ1) is 15.2. The van der Waals surface area contributed by atoms with Crippen molar-refractivity contribution in [1.82, 2.24) is 0 Å². The molecule has 7 nitrogen and oxygen atoms in total. The van der Waals surface area contributed by atoms with Crippen molar-refractivity contribution in [2.45, 2.75) is 43.4 Å². The summed E-state index contributed by atoms with van der Waals surface area (Å²) in [5, 5.41) is 18.9. The van der Waals surface area contributed by atoms with Crippen molar-refractivity contribution >= 4 is 33.3 Å². The van der Waals surface area contributed by atoms with Crippen LogP contribution in [0, 0.1) is 23.2 Å². The molecule has 2 aromatic carbocycles. The molecule has 0 radical (unpaired) electrons. The Morgan fingerprint density at radius 2 is 2.00 bits per heavy atom. The SMILES string of the molecule is CC1CC(COc2cc(Cl)c(C#N)cc2NS(=O)(=O)c2cc(C(=O)O)ccc2C2CC2)C1. The van der Waals surface area contributed by atoms with Gasteiger partial charge >= 0.3 is 5.97 Å². The molecule has 9 heteroatoms. The number of rotatable bonds is 8. The topological polar surface area (TPSA) is 116 Å². The van der Waals surface area contributed by atoms with Crippen LogP contribution >= 0.6 is 11.6 Å². The van der Waals surface area contributed by atoms with Crippen molar-refractivity contribution in [1.29, 1.82) is 5.26 Å². The van der Waals surface area contributed by atoms with Gasteiger partial charge in [0.2, 0.25) is 0 Å². The summed E-state index contributed by atoms with van der Waals surface area (Å²) in [4.78, 5) is 11.4. The summed E-state index contributed by atoms with van der Waals surface area (Å²) in [5.74, 6) is 0.145. The molecule has 2 aromatic rings. The molecule has 0 aromatic heterocycles. The average Bonchev–Trinajstić information content (AvgIpc) is 3.56. The molecule has 2 aliphatic carbocycles. The molecule has 0 bridgehead atoms. The largest absolute Gasteiger partial charge is 0.491 e. The second-order valence-electron chi connectivity index (χ2n) is 8.63. The highest BCUT2D eigenvalue weighted by Gasteiger charge is 2.32. The molecule has 2 fully saturated rings. The Balaban J connectivity index is 1.68. The number of halogens is 1. The van der Waals surface area contributed by atoms with Crippen LogP contribution in [-0.2, 0) is 10.0 Å². The number of nitrogens with zero attached hydrogens (tertiary/aromatic N) is 1. The summed E-state index contributed by atoms with van der Waals surface area (Å²) in [7, 11) is -4.15. The lowest BCUT2D eigenvalue weighted by Gasteiger charge is -2.32. The normalized spacial score (nSPS) is 20.2. The first-order valence-electron chi connectivity index (χ1n) is 10.4. The van der Waals surface area contributed by atoms with Gasteiger partial charge in [-0.1, -0.05) is 24.6 Å². The molecule has 32 heavy (non-hydrogen) atoms. The maximum absolute atomic E-state index is 13.3. The number of carboxylic acid groups (broad SMARTS) is 1. The third kappa shape index (κ3) is 4.69. The van der Waals surface area contributed by atoms with Gasteiger partial charge in [0.15, 0.2) is 0 Å². The zero-order valence-electron chi connectivity index (χ0n) is 17.5. The maximum Gasteiger partial charge on any atom is 0.335 e. The Bertz CT molecular complexity index is 1210. The van der Waals surface area contributed by atoms with Crippen LogP contribution in [0.3, 0.4) is 0 Å². The van der Waals surface area contributed by atoms with Crippen LogP contribution in [0.1, 0.15) is 60.0 Å². The van der Waals surface area contributed by atoms with E-state index in [1.807, 2.05) is 6.07 Å². The molecule has 168 valence electrons. The highest BCUT2D eigenvalue weighted by Crippen LogP contribution is 2.44. The number of benzene rings is 2. The Hall–Kier alpha value is -2.76. The number of nitrogens with one attached hydrogen (secondary N) is 1. The number of hydrogen-bond donors (Lipinski definition) is 2. The van der Waals surface area contributed by atoms with Gasteiger partial charge in [-0.3, -0.25) is 4.72 Å². The minimum Gasteiger partial charge on any atom is -0.491 e. The van der Waals surface area contributed by atoms with Gasteiger partial charge in [0.05, 0.1) is 33.3 Å². The predicted octanol–water partition coefficient (Wildman–Crippen LogP) is 5.01. The van der Waals surface area contributed by atoms with Crippen LogP contribution in [0.2, 0.25) is 5.02 Å². The van der Waals surface area contributed by atoms with Gasteiger partial charge in [0.25, 0.3) is 10.0 Å². The van der Waals surface area contributed by atoms with Gasteiger partial charge in [0.1, 0.15) is 11.8 Å². The number of anilines is 1. The fourth-order valence-electron chi connectivity index (χ4n) is 4.08. The zero-order chi connectivity index (χ0) is 23.0. The molecule has 4 rings (SSSR count). The Morgan fingerprint density at radius 1 is 1.28 bits per heavy atom. The van der Waals surface area contributed by atoms with Crippen LogP contribution in [0.4, 0.5) is 5.69 Å². The number of carbonyl (C=O) groups is 1. The summed E-state index contributed by atoms with van der Waals surface area (Å²) in [6.07, 6.45) is 3.78. The van der Waals surface area contributed by atoms with Crippen molar-refractivity contribution in [2.24, 2.45) is 11.8 Å². The van der Waals surface area contributed by atoms with Crippen molar-refractivity contribution < 1.29 is 23.1 Å². The van der Waals surface area contributed by atoms with Gasteiger partial charge < -0.3 is 9.84 Å². The van der Waals surface area contributed by atoms with Gasteiger partial charge in [-0.05, 0) is 67.2 Å². The van der Waals surface area contributed by atoms with Crippen molar-refractivity contribution in [2.75, 3.05) is 11.3 Å². The monoisotopic (exact) mass is 474 g/mol. The number of hydrogen-bond acceptors (Lipinski definition) is 5. The molecular weight excluding hydrogens is 452 g/mol. The highest BCUT2D eigenvalue weighted by molar-refractivity contribution is 7.92. The molecular formula is C23H23ClN2O5S. The molecule has 0 spiro atoms. The van der Waals surface area contributed by atoms with Crippen LogP contribution in [0.15, 0.2) is 35.2 Å². The van der Waals surface area contributed by atoms with E-state index in [0.29, 0.717) is 24.0 Å². The molecule has 0 heterocycles. The number of ether oxygens (including phenoxy) is 1. The molecule has 0 saturated heterocycles.